The van der Waals surface area contributed by atoms with E-state index >= 15 is 0 Å². The summed E-state index contributed by atoms with van der Waals surface area (Å²) in [5, 5.41) is 12.3. The minimum atomic E-state index is -0.706. The standard InChI is InChI=1S/C10H19N5O3/c1-6(5-16)14-15-8(3)13-10(18)7(2)12-9(17)4-11/h5-8H,4,11H2,1-3H3,(H,12,17)(H,13,18). The molecule has 2 amide bonds. The Morgan fingerprint density at radius 2 is 1.83 bits per heavy atom. The minimum absolute atomic E-state index is 0.177. The summed E-state index contributed by atoms with van der Waals surface area (Å²) in [5.74, 6) is -0.816. The molecule has 102 valence electrons. The van der Waals surface area contributed by atoms with Gasteiger partial charge in [-0.3, -0.25) is 9.59 Å². The fraction of sp³-hybridized carbons (Fsp3) is 0.700. The average Bonchev–Trinajstić information content (AvgIpc) is 2.35. The van der Waals surface area contributed by atoms with Gasteiger partial charge >= 0.3 is 0 Å². The average molecular weight is 257 g/mol. The van der Waals surface area contributed by atoms with Gasteiger partial charge in [-0.25, -0.2) is 0 Å². The number of carbonyl (C=O) groups is 3. The maximum absolute atomic E-state index is 11.6. The van der Waals surface area contributed by atoms with E-state index in [9.17, 15) is 14.4 Å². The highest BCUT2D eigenvalue weighted by Gasteiger charge is 2.16. The molecule has 0 saturated heterocycles. The normalized spacial score (nSPS) is 15.8. The van der Waals surface area contributed by atoms with Crippen molar-refractivity contribution in [1.82, 2.24) is 10.6 Å². The summed E-state index contributed by atoms with van der Waals surface area (Å²) in [6, 6.07) is -1.25. The van der Waals surface area contributed by atoms with Crippen LogP contribution in [0.15, 0.2) is 10.2 Å². The molecule has 0 radical (unpaired) electrons. The zero-order valence-corrected chi connectivity index (χ0v) is 10.7. The van der Waals surface area contributed by atoms with Gasteiger partial charge in [-0.05, 0) is 20.8 Å². The predicted octanol–water partition coefficient (Wildman–Crippen LogP) is -1.05. The van der Waals surface area contributed by atoms with E-state index in [1.807, 2.05) is 0 Å². The van der Waals surface area contributed by atoms with Crippen molar-refractivity contribution in [2.75, 3.05) is 6.54 Å². The molecular formula is C10H19N5O3. The Labute approximate surface area is 105 Å². The highest BCUT2D eigenvalue weighted by Crippen LogP contribution is 1.92. The third kappa shape index (κ3) is 6.69. The van der Waals surface area contributed by atoms with E-state index in [4.69, 9.17) is 5.73 Å². The first-order valence-corrected chi connectivity index (χ1v) is 5.55. The molecular weight excluding hydrogens is 238 g/mol. The van der Waals surface area contributed by atoms with Crippen molar-refractivity contribution in [3.05, 3.63) is 0 Å². The number of nitrogens with zero attached hydrogens (tertiary/aromatic N) is 2. The first kappa shape index (κ1) is 16.2. The molecule has 8 heteroatoms. The third-order valence-corrected chi connectivity index (χ3v) is 1.93. The fourth-order valence-corrected chi connectivity index (χ4v) is 0.958. The molecule has 0 bridgehead atoms. The Morgan fingerprint density at radius 3 is 2.33 bits per heavy atom. The molecule has 0 aliphatic heterocycles. The molecule has 0 fully saturated rings. The summed E-state index contributed by atoms with van der Waals surface area (Å²) in [6.45, 7) is 4.54. The van der Waals surface area contributed by atoms with E-state index in [0.29, 0.717) is 6.29 Å². The Morgan fingerprint density at radius 1 is 1.22 bits per heavy atom. The van der Waals surface area contributed by atoms with Crippen LogP contribution in [0.3, 0.4) is 0 Å². The highest BCUT2D eigenvalue weighted by atomic mass is 16.2. The molecule has 0 spiro atoms. The van der Waals surface area contributed by atoms with E-state index in [2.05, 4.69) is 20.9 Å². The molecule has 0 heterocycles. The van der Waals surface area contributed by atoms with Crippen LogP contribution < -0.4 is 16.4 Å². The Balaban J connectivity index is 4.18. The van der Waals surface area contributed by atoms with Crippen molar-refractivity contribution in [3.63, 3.8) is 0 Å². The summed E-state index contributed by atoms with van der Waals surface area (Å²) >= 11 is 0. The number of rotatable bonds is 7. The number of azo groups is 1. The molecule has 0 saturated carbocycles. The monoisotopic (exact) mass is 257 g/mol. The van der Waals surface area contributed by atoms with Crippen molar-refractivity contribution >= 4 is 18.1 Å². The lowest BCUT2D eigenvalue weighted by Crippen LogP contribution is -2.48. The SMILES string of the molecule is CC(C=O)N=NC(C)NC(=O)C(C)NC(=O)CN. The number of hydrogen-bond donors (Lipinski definition) is 3. The summed E-state index contributed by atoms with van der Waals surface area (Å²) in [5.41, 5.74) is 5.11. The Bertz CT molecular complexity index is 331. The largest absolute Gasteiger partial charge is 0.343 e. The molecule has 8 nitrogen and oxygen atoms in total. The summed E-state index contributed by atoms with van der Waals surface area (Å²) in [6.07, 6.45) is 0.0689. The predicted molar refractivity (Wildman–Crippen MR) is 64.6 cm³/mol. The maximum Gasteiger partial charge on any atom is 0.243 e. The second-order valence-corrected chi connectivity index (χ2v) is 3.79. The van der Waals surface area contributed by atoms with Gasteiger partial charge in [0.05, 0.1) is 6.54 Å². The third-order valence-electron chi connectivity index (χ3n) is 1.93. The van der Waals surface area contributed by atoms with Gasteiger partial charge < -0.3 is 21.2 Å². The molecule has 0 aromatic heterocycles. The molecule has 0 aromatic rings. The van der Waals surface area contributed by atoms with Crippen LogP contribution in [0.25, 0.3) is 0 Å². The van der Waals surface area contributed by atoms with E-state index < -0.39 is 30.1 Å². The highest BCUT2D eigenvalue weighted by molar-refractivity contribution is 5.87. The molecule has 3 atom stereocenters. The Hall–Kier alpha value is -1.83. The number of aldehydes is 1. The first-order chi connectivity index (χ1) is 8.40. The van der Waals surface area contributed by atoms with Crippen LogP contribution in [0.5, 0.6) is 0 Å². The zero-order valence-electron chi connectivity index (χ0n) is 10.7. The van der Waals surface area contributed by atoms with Gasteiger partial charge in [0.1, 0.15) is 24.5 Å². The van der Waals surface area contributed by atoms with E-state index in [-0.39, 0.29) is 6.54 Å². The number of nitrogens with two attached hydrogens (primary N) is 1. The van der Waals surface area contributed by atoms with Crippen LogP contribution in [0.1, 0.15) is 20.8 Å². The van der Waals surface area contributed by atoms with Crippen LogP contribution in [0.2, 0.25) is 0 Å². The summed E-state index contributed by atoms with van der Waals surface area (Å²) in [7, 11) is 0. The van der Waals surface area contributed by atoms with Crippen molar-refractivity contribution in [3.8, 4) is 0 Å². The van der Waals surface area contributed by atoms with Gasteiger partial charge in [-0.2, -0.15) is 10.2 Å². The van der Waals surface area contributed by atoms with Gasteiger partial charge in [-0.15, -0.1) is 0 Å². The lowest BCUT2D eigenvalue weighted by Gasteiger charge is -2.15. The second-order valence-electron chi connectivity index (χ2n) is 3.79. The number of hydrogen-bond acceptors (Lipinski definition) is 6. The second kappa shape index (κ2) is 8.29. The van der Waals surface area contributed by atoms with E-state index in [0.717, 1.165) is 0 Å². The number of amides is 2. The lowest BCUT2D eigenvalue weighted by molar-refractivity contribution is -0.128. The molecule has 0 aromatic carbocycles. The van der Waals surface area contributed by atoms with Gasteiger partial charge in [0.15, 0.2) is 0 Å². The molecule has 18 heavy (non-hydrogen) atoms. The zero-order chi connectivity index (χ0) is 14.1. The Kier molecular flexibility index (Phi) is 7.45. The van der Waals surface area contributed by atoms with Crippen molar-refractivity contribution in [1.29, 1.82) is 0 Å². The topological polar surface area (TPSA) is 126 Å². The van der Waals surface area contributed by atoms with Crippen molar-refractivity contribution in [2.24, 2.45) is 16.0 Å². The van der Waals surface area contributed by atoms with Crippen LogP contribution in [0, 0.1) is 0 Å². The number of nitrogens with one attached hydrogen (secondary N) is 2. The molecule has 3 unspecified atom stereocenters. The van der Waals surface area contributed by atoms with Crippen molar-refractivity contribution in [2.45, 2.75) is 39.0 Å². The van der Waals surface area contributed by atoms with Crippen LogP contribution in [-0.2, 0) is 14.4 Å². The van der Waals surface area contributed by atoms with Gasteiger partial charge in [0, 0.05) is 0 Å². The fourth-order valence-electron chi connectivity index (χ4n) is 0.958. The first-order valence-electron chi connectivity index (χ1n) is 5.55. The number of carbonyl (C=O) groups excluding carboxylic acids is 3. The molecule has 4 N–H and O–H groups in total. The maximum atomic E-state index is 11.6. The van der Waals surface area contributed by atoms with Gasteiger partial charge in [0.2, 0.25) is 11.8 Å². The minimum Gasteiger partial charge on any atom is -0.343 e. The summed E-state index contributed by atoms with van der Waals surface area (Å²) < 4.78 is 0. The quantitative estimate of drug-likeness (QED) is 0.397. The van der Waals surface area contributed by atoms with Crippen molar-refractivity contribution < 1.29 is 14.4 Å². The van der Waals surface area contributed by atoms with E-state index in [1.54, 1.807) is 13.8 Å². The van der Waals surface area contributed by atoms with Crippen LogP contribution in [-0.4, -0.2) is 42.9 Å². The smallest absolute Gasteiger partial charge is 0.243 e. The van der Waals surface area contributed by atoms with Gasteiger partial charge in [0.25, 0.3) is 0 Å². The van der Waals surface area contributed by atoms with Crippen LogP contribution >= 0.6 is 0 Å². The summed E-state index contributed by atoms with van der Waals surface area (Å²) in [4.78, 5) is 32.9. The molecule has 0 rings (SSSR count). The van der Waals surface area contributed by atoms with E-state index in [1.165, 1.54) is 6.92 Å². The molecule has 0 aliphatic rings. The molecule has 0 aliphatic carbocycles. The van der Waals surface area contributed by atoms with Crippen LogP contribution in [0.4, 0.5) is 0 Å². The van der Waals surface area contributed by atoms with Gasteiger partial charge in [-0.1, -0.05) is 0 Å². The lowest BCUT2D eigenvalue weighted by atomic mass is 10.3.